The van der Waals surface area contributed by atoms with Crippen LogP contribution >= 0.6 is 0 Å². The molecule has 0 aliphatic heterocycles. The van der Waals surface area contributed by atoms with Crippen LogP contribution in [0.1, 0.15) is 0 Å². The Morgan fingerprint density at radius 3 is 1.71 bits per heavy atom. The van der Waals surface area contributed by atoms with Crippen molar-refractivity contribution in [3.63, 3.8) is 0 Å². The normalized spacial score (nSPS) is 11.3. The maximum Gasteiger partial charge on any atom is 0.159 e. The van der Waals surface area contributed by atoms with Gasteiger partial charge in [0.25, 0.3) is 0 Å². The van der Waals surface area contributed by atoms with Crippen molar-refractivity contribution < 1.29 is 0 Å². The molecule has 0 bridgehead atoms. The van der Waals surface area contributed by atoms with E-state index in [-0.39, 0.29) is 0 Å². The van der Waals surface area contributed by atoms with E-state index in [9.17, 15) is 0 Å². The third kappa shape index (κ3) is 4.18. The van der Waals surface area contributed by atoms with Gasteiger partial charge in [-0.3, -0.25) is 0 Å². The topological polar surface area (TPSA) is 51.6 Å². The Bertz CT molecular complexity index is 2240. The van der Waals surface area contributed by atoms with E-state index in [0.29, 0.717) is 0 Å². The van der Waals surface area contributed by atoms with Gasteiger partial charge >= 0.3 is 0 Å². The summed E-state index contributed by atoms with van der Waals surface area (Å²) in [4.78, 5) is 19.2. The van der Waals surface area contributed by atoms with E-state index in [1.54, 1.807) is 12.4 Å². The zero-order chi connectivity index (χ0) is 27.9. The van der Waals surface area contributed by atoms with Gasteiger partial charge in [0.1, 0.15) is 0 Å². The minimum atomic E-state index is 0.719. The summed E-state index contributed by atoms with van der Waals surface area (Å²) in [6.45, 7) is 0. The maximum absolute atomic E-state index is 5.24. The SMILES string of the molecule is c1ccc(-c2ccc3ccc4ccc(-c5ccc(-c6cccc(-c7ncccn7)c6)c6ccccc56)nc4c3n2)cc1. The predicted molar refractivity (Wildman–Crippen MR) is 172 cm³/mol. The van der Waals surface area contributed by atoms with Crippen LogP contribution in [0.25, 0.3) is 77.6 Å². The van der Waals surface area contributed by atoms with Crippen LogP contribution in [0, 0.1) is 0 Å². The molecular formula is C38H24N4. The Balaban J connectivity index is 1.28. The lowest BCUT2D eigenvalue weighted by molar-refractivity contribution is 1.18. The molecule has 0 saturated carbocycles. The lowest BCUT2D eigenvalue weighted by atomic mass is 9.93. The van der Waals surface area contributed by atoms with Crippen LogP contribution in [-0.2, 0) is 0 Å². The standard InChI is InChI=1S/C38H24N4/c1-2-8-25(9-3-1)34-20-16-26-14-15-27-17-21-35(42-37(27)36(26)41-34)33-19-18-30(31-12-4-5-13-32(31)33)28-10-6-11-29(24-28)38-39-22-7-23-40-38/h1-24H. The Morgan fingerprint density at radius 1 is 0.381 bits per heavy atom. The van der Waals surface area contributed by atoms with E-state index >= 15 is 0 Å². The molecule has 3 heterocycles. The van der Waals surface area contributed by atoms with E-state index in [0.717, 1.165) is 72.2 Å². The average Bonchev–Trinajstić information content (AvgIpc) is 3.08. The molecule has 42 heavy (non-hydrogen) atoms. The van der Waals surface area contributed by atoms with Gasteiger partial charge in [-0.25, -0.2) is 19.9 Å². The molecule has 0 amide bonds. The highest BCUT2D eigenvalue weighted by Gasteiger charge is 2.13. The summed E-state index contributed by atoms with van der Waals surface area (Å²) >= 11 is 0. The predicted octanol–water partition coefficient (Wildman–Crippen LogP) is 9.39. The summed E-state index contributed by atoms with van der Waals surface area (Å²) in [5, 5.41) is 4.48. The van der Waals surface area contributed by atoms with Crippen LogP contribution in [0.4, 0.5) is 0 Å². The lowest BCUT2D eigenvalue weighted by Gasteiger charge is -2.13. The first-order valence-corrected chi connectivity index (χ1v) is 14.0. The summed E-state index contributed by atoms with van der Waals surface area (Å²) in [6.07, 6.45) is 3.55. The fourth-order valence-corrected chi connectivity index (χ4v) is 5.74. The Labute approximate surface area is 243 Å². The molecule has 0 radical (unpaired) electrons. The van der Waals surface area contributed by atoms with Crippen molar-refractivity contribution in [1.82, 2.24) is 19.9 Å². The van der Waals surface area contributed by atoms with Crippen molar-refractivity contribution in [2.24, 2.45) is 0 Å². The second-order valence-electron chi connectivity index (χ2n) is 10.3. The first-order chi connectivity index (χ1) is 20.8. The van der Waals surface area contributed by atoms with Crippen molar-refractivity contribution in [2.75, 3.05) is 0 Å². The van der Waals surface area contributed by atoms with E-state index < -0.39 is 0 Å². The number of fused-ring (bicyclic) bond motifs is 4. The minimum absolute atomic E-state index is 0.719. The fourth-order valence-electron chi connectivity index (χ4n) is 5.74. The molecule has 0 atom stereocenters. The second-order valence-corrected chi connectivity index (χ2v) is 10.3. The zero-order valence-corrected chi connectivity index (χ0v) is 22.6. The Kier molecular flexibility index (Phi) is 5.75. The van der Waals surface area contributed by atoms with Gasteiger partial charge in [-0.05, 0) is 46.2 Å². The highest BCUT2D eigenvalue weighted by atomic mass is 14.8. The molecule has 196 valence electrons. The first kappa shape index (κ1) is 24.1. The van der Waals surface area contributed by atoms with E-state index in [1.165, 1.54) is 5.39 Å². The fraction of sp³-hybridized carbons (Fsp3) is 0. The van der Waals surface area contributed by atoms with Crippen LogP contribution in [0.2, 0.25) is 0 Å². The van der Waals surface area contributed by atoms with Gasteiger partial charge in [0, 0.05) is 39.9 Å². The average molecular weight is 537 g/mol. The van der Waals surface area contributed by atoms with Crippen molar-refractivity contribution in [3.05, 3.63) is 146 Å². The molecule has 4 nitrogen and oxygen atoms in total. The number of rotatable bonds is 4. The van der Waals surface area contributed by atoms with Crippen molar-refractivity contribution in [3.8, 4) is 45.0 Å². The van der Waals surface area contributed by atoms with Crippen LogP contribution in [0.3, 0.4) is 0 Å². The molecule has 0 spiro atoms. The van der Waals surface area contributed by atoms with Crippen molar-refractivity contribution in [2.45, 2.75) is 0 Å². The van der Waals surface area contributed by atoms with Crippen molar-refractivity contribution in [1.29, 1.82) is 0 Å². The van der Waals surface area contributed by atoms with E-state index in [2.05, 4.69) is 119 Å². The number of hydrogen-bond donors (Lipinski definition) is 0. The number of benzene rings is 5. The van der Waals surface area contributed by atoms with Gasteiger partial charge in [0.15, 0.2) is 5.82 Å². The van der Waals surface area contributed by atoms with Crippen LogP contribution in [-0.4, -0.2) is 19.9 Å². The van der Waals surface area contributed by atoms with Gasteiger partial charge in [0.05, 0.1) is 22.4 Å². The summed E-state index contributed by atoms with van der Waals surface area (Å²) in [5.41, 5.74) is 9.16. The summed E-state index contributed by atoms with van der Waals surface area (Å²) in [6, 6.07) is 46.2. The minimum Gasteiger partial charge on any atom is -0.245 e. The van der Waals surface area contributed by atoms with Crippen LogP contribution in [0.15, 0.2) is 146 Å². The molecule has 8 aromatic rings. The molecule has 0 aliphatic rings. The molecule has 3 aromatic heterocycles. The van der Waals surface area contributed by atoms with Crippen LogP contribution in [0.5, 0.6) is 0 Å². The van der Waals surface area contributed by atoms with E-state index in [4.69, 9.17) is 9.97 Å². The largest absolute Gasteiger partial charge is 0.245 e. The van der Waals surface area contributed by atoms with Crippen LogP contribution < -0.4 is 0 Å². The molecule has 0 N–H and O–H groups in total. The monoisotopic (exact) mass is 536 g/mol. The maximum atomic E-state index is 5.24. The highest BCUT2D eigenvalue weighted by molar-refractivity contribution is 6.07. The number of aromatic nitrogens is 4. The summed E-state index contributed by atoms with van der Waals surface area (Å²) in [5.74, 6) is 0.719. The van der Waals surface area contributed by atoms with E-state index in [1.807, 2.05) is 24.3 Å². The highest BCUT2D eigenvalue weighted by Crippen LogP contribution is 2.37. The van der Waals surface area contributed by atoms with Gasteiger partial charge in [-0.1, -0.05) is 109 Å². The molecule has 8 rings (SSSR count). The molecular weight excluding hydrogens is 512 g/mol. The molecule has 0 saturated heterocycles. The zero-order valence-electron chi connectivity index (χ0n) is 22.6. The second kappa shape index (κ2) is 10.0. The third-order valence-corrected chi connectivity index (χ3v) is 7.79. The number of hydrogen-bond acceptors (Lipinski definition) is 4. The quantitative estimate of drug-likeness (QED) is 0.210. The van der Waals surface area contributed by atoms with Gasteiger partial charge in [-0.2, -0.15) is 0 Å². The Hall–Kier alpha value is -5.74. The molecule has 5 aromatic carbocycles. The van der Waals surface area contributed by atoms with Gasteiger partial charge in [0.2, 0.25) is 0 Å². The molecule has 4 heteroatoms. The first-order valence-electron chi connectivity index (χ1n) is 14.0. The molecule has 0 aliphatic carbocycles. The third-order valence-electron chi connectivity index (χ3n) is 7.79. The molecule has 0 fully saturated rings. The molecule has 0 unspecified atom stereocenters. The summed E-state index contributed by atoms with van der Waals surface area (Å²) in [7, 11) is 0. The van der Waals surface area contributed by atoms with Gasteiger partial charge < -0.3 is 0 Å². The number of nitrogens with zero attached hydrogens (tertiary/aromatic N) is 4. The van der Waals surface area contributed by atoms with Crippen molar-refractivity contribution >= 4 is 32.6 Å². The summed E-state index contributed by atoms with van der Waals surface area (Å²) < 4.78 is 0. The number of pyridine rings is 2. The van der Waals surface area contributed by atoms with Gasteiger partial charge in [-0.15, -0.1) is 0 Å². The smallest absolute Gasteiger partial charge is 0.159 e. The Morgan fingerprint density at radius 2 is 0.952 bits per heavy atom. The lowest BCUT2D eigenvalue weighted by Crippen LogP contribution is -1.92.